The van der Waals surface area contributed by atoms with Gasteiger partial charge in [0, 0.05) is 30.5 Å². The molecule has 2 N–H and O–H groups in total. The van der Waals surface area contributed by atoms with E-state index in [-0.39, 0.29) is 5.82 Å². The number of benzene rings is 1. The first kappa shape index (κ1) is 10.3. The van der Waals surface area contributed by atoms with Gasteiger partial charge < -0.3 is 10.6 Å². The SMILES string of the molecule is Fc1ccc2c3n(nc2c1)C1CCNCC1CN3. The molecule has 1 saturated heterocycles. The zero-order valence-electron chi connectivity index (χ0n) is 9.99. The highest BCUT2D eigenvalue weighted by atomic mass is 19.1. The van der Waals surface area contributed by atoms with Gasteiger partial charge in [0.25, 0.3) is 0 Å². The molecule has 0 saturated carbocycles. The van der Waals surface area contributed by atoms with Crippen molar-refractivity contribution in [3.63, 3.8) is 0 Å². The highest BCUT2D eigenvalue weighted by Gasteiger charge is 2.33. The van der Waals surface area contributed by atoms with Crippen LogP contribution in [0.25, 0.3) is 10.9 Å². The molecule has 0 bridgehead atoms. The first-order chi connectivity index (χ1) is 8.83. The molecule has 0 aliphatic carbocycles. The smallest absolute Gasteiger partial charge is 0.132 e. The standard InChI is InChI=1S/C13H15FN4/c14-9-1-2-10-11(5-9)17-18-12-3-4-15-6-8(12)7-16-13(10)18/h1-2,5,8,12,15-16H,3-4,6-7H2. The third kappa shape index (κ3) is 1.37. The molecule has 2 unspecified atom stereocenters. The van der Waals surface area contributed by atoms with E-state index in [1.807, 2.05) is 6.07 Å². The molecule has 1 fully saturated rings. The van der Waals surface area contributed by atoms with Crippen LogP contribution in [0.1, 0.15) is 12.5 Å². The summed E-state index contributed by atoms with van der Waals surface area (Å²) in [7, 11) is 0. The molecule has 2 aliphatic rings. The Morgan fingerprint density at radius 2 is 2.28 bits per heavy atom. The maximum Gasteiger partial charge on any atom is 0.132 e. The normalized spacial score (nSPS) is 26.5. The molecule has 3 heterocycles. The van der Waals surface area contributed by atoms with Crippen molar-refractivity contribution >= 4 is 16.7 Å². The van der Waals surface area contributed by atoms with Crippen molar-refractivity contribution in [2.75, 3.05) is 25.0 Å². The molecule has 4 rings (SSSR count). The van der Waals surface area contributed by atoms with Crippen LogP contribution < -0.4 is 10.6 Å². The molecule has 18 heavy (non-hydrogen) atoms. The molecule has 2 aliphatic heterocycles. The van der Waals surface area contributed by atoms with Crippen molar-refractivity contribution in [2.24, 2.45) is 5.92 Å². The van der Waals surface area contributed by atoms with Crippen molar-refractivity contribution in [2.45, 2.75) is 12.5 Å². The van der Waals surface area contributed by atoms with Gasteiger partial charge in [-0.1, -0.05) is 0 Å². The maximum absolute atomic E-state index is 13.3. The quantitative estimate of drug-likeness (QED) is 0.744. The van der Waals surface area contributed by atoms with E-state index in [1.165, 1.54) is 12.1 Å². The number of hydrogen-bond donors (Lipinski definition) is 2. The number of nitrogens with one attached hydrogen (secondary N) is 2. The molecule has 4 nitrogen and oxygen atoms in total. The third-order valence-corrected chi connectivity index (χ3v) is 4.07. The second-order valence-electron chi connectivity index (χ2n) is 5.16. The minimum atomic E-state index is -0.222. The van der Waals surface area contributed by atoms with Gasteiger partial charge in [-0.25, -0.2) is 9.07 Å². The zero-order chi connectivity index (χ0) is 12.1. The number of hydrogen-bond acceptors (Lipinski definition) is 3. The first-order valence-electron chi connectivity index (χ1n) is 6.45. The summed E-state index contributed by atoms with van der Waals surface area (Å²) in [6, 6.07) is 5.27. The van der Waals surface area contributed by atoms with Crippen LogP contribution in [0, 0.1) is 11.7 Å². The van der Waals surface area contributed by atoms with Gasteiger partial charge in [-0.05, 0) is 25.1 Å². The fraction of sp³-hybridized carbons (Fsp3) is 0.462. The minimum absolute atomic E-state index is 0.222. The molecule has 0 amide bonds. The fourth-order valence-electron chi connectivity index (χ4n) is 3.16. The molecule has 0 radical (unpaired) electrons. The Morgan fingerprint density at radius 3 is 3.22 bits per heavy atom. The Hall–Kier alpha value is -1.62. The summed E-state index contributed by atoms with van der Waals surface area (Å²) in [5.41, 5.74) is 0.747. The van der Waals surface area contributed by atoms with Crippen LogP contribution in [0.5, 0.6) is 0 Å². The summed E-state index contributed by atoms with van der Waals surface area (Å²) < 4.78 is 15.3. The largest absolute Gasteiger partial charge is 0.369 e. The second-order valence-corrected chi connectivity index (χ2v) is 5.16. The van der Waals surface area contributed by atoms with E-state index in [1.54, 1.807) is 0 Å². The molecule has 2 atom stereocenters. The fourth-order valence-corrected chi connectivity index (χ4v) is 3.16. The van der Waals surface area contributed by atoms with Gasteiger partial charge in [0.15, 0.2) is 0 Å². The second kappa shape index (κ2) is 3.68. The number of rotatable bonds is 0. The Bertz CT molecular complexity index is 606. The van der Waals surface area contributed by atoms with Crippen LogP contribution in [-0.4, -0.2) is 29.4 Å². The average molecular weight is 246 g/mol. The molecule has 1 aromatic heterocycles. The summed E-state index contributed by atoms with van der Waals surface area (Å²) >= 11 is 0. The monoisotopic (exact) mass is 246 g/mol. The highest BCUT2D eigenvalue weighted by Crippen LogP contribution is 2.36. The topological polar surface area (TPSA) is 41.9 Å². The maximum atomic E-state index is 13.3. The summed E-state index contributed by atoms with van der Waals surface area (Å²) in [6.45, 7) is 3.03. The number of halogens is 1. The molecule has 1 aromatic carbocycles. The number of piperidine rings is 1. The molecule has 94 valence electrons. The predicted octanol–water partition coefficient (Wildman–Crippen LogP) is 1.75. The summed E-state index contributed by atoms with van der Waals surface area (Å²) in [5, 5.41) is 12.5. The number of nitrogens with zero attached hydrogens (tertiary/aromatic N) is 2. The summed E-state index contributed by atoms with van der Waals surface area (Å²) in [4.78, 5) is 0. The van der Waals surface area contributed by atoms with Crippen molar-refractivity contribution in [1.29, 1.82) is 0 Å². The van der Waals surface area contributed by atoms with Crippen LogP contribution in [0.15, 0.2) is 18.2 Å². The lowest BCUT2D eigenvalue weighted by molar-refractivity contribution is 0.239. The molecule has 2 aromatic rings. The van der Waals surface area contributed by atoms with Crippen molar-refractivity contribution in [1.82, 2.24) is 15.1 Å². The summed E-state index contributed by atoms with van der Waals surface area (Å²) in [5.74, 6) is 1.40. The van der Waals surface area contributed by atoms with Crippen LogP contribution in [-0.2, 0) is 0 Å². The Kier molecular flexibility index (Phi) is 2.11. The Morgan fingerprint density at radius 1 is 1.33 bits per heavy atom. The Balaban J connectivity index is 1.89. The lowest BCUT2D eigenvalue weighted by Crippen LogP contribution is -2.44. The van der Waals surface area contributed by atoms with Crippen LogP contribution >= 0.6 is 0 Å². The van der Waals surface area contributed by atoms with E-state index >= 15 is 0 Å². The van der Waals surface area contributed by atoms with Gasteiger partial charge in [-0.15, -0.1) is 0 Å². The van der Waals surface area contributed by atoms with Gasteiger partial charge in [0.2, 0.25) is 0 Å². The van der Waals surface area contributed by atoms with E-state index in [0.717, 1.165) is 42.8 Å². The number of aromatic nitrogens is 2. The molecule has 0 spiro atoms. The zero-order valence-corrected chi connectivity index (χ0v) is 9.99. The van der Waals surface area contributed by atoms with Gasteiger partial charge in [-0.3, -0.25) is 0 Å². The number of anilines is 1. The third-order valence-electron chi connectivity index (χ3n) is 4.07. The molecular weight excluding hydrogens is 231 g/mol. The van der Waals surface area contributed by atoms with Crippen molar-refractivity contribution in [3.8, 4) is 0 Å². The van der Waals surface area contributed by atoms with Crippen molar-refractivity contribution in [3.05, 3.63) is 24.0 Å². The predicted molar refractivity (Wildman–Crippen MR) is 68.2 cm³/mol. The van der Waals surface area contributed by atoms with Gasteiger partial charge in [0.1, 0.15) is 11.6 Å². The lowest BCUT2D eigenvalue weighted by Gasteiger charge is -2.37. The van der Waals surface area contributed by atoms with Crippen LogP contribution in [0.3, 0.4) is 0 Å². The Labute approximate surface area is 104 Å². The molecule has 5 heteroatoms. The van der Waals surface area contributed by atoms with Gasteiger partial charge in [-0.2, -0.15) is 5.10 Å². The summed E-state index contributed by atoms with van der Waals surface area (Å²) in [6.07, 6.45) is 1.09. The van der Waals surface area contributed by atoms with Gasteiger partial charge >= 0.3 is 0 Å². The van der Waals surface area contributed by atoms with Crippen molar-refractivity contribution < 1.29 is 4.39 Å². The first-order valence-corrected chi connectivity index (χ1v) is 6.45. The highest BCUT2D eigenvalue weighted by molar-refractivity contribution is 5.90. The average Bonchev–Trinajstić information content (AvgIpc) is 2.76. The number of fused-ring (bicyclic) bond motifs is 5. The van der Waals surface area contributed by atoms with E-state index in [0.29, 0.717) is 12.0 Å². The van der Waals surface area contributed by atoms with Crippen LogP contribution in [0.4, 0.5) is 10.2 Å². The van der Waals surface area contributed by atoms with Crippen LogP contribution in [0.2, 0.25) is 0 Å². The van der Waals surface area contributed by atoms with E-state index < -0.39 is 0 Å². The lowest BCUT2D eigenvalue weighted by atomic mass is 9.92. The van der Waals surface area contributed by atoms with E-state index in [9.17, 15) is 4.39 Å². The van der Waals surface area contributed by atoms with E-state index in [2.05, 4.69) is 20.4 Å². The van der Waals surface area contributed by atoms with Gasteiger partial charge in [0.05, 0.1) is 11.6 Å². The van der Waals surface area contributed by atoms with E-state index in [4.69, 9.17) is 0 Å². The minimum Gasteiger partial charge on any atom is -0.369 e. The molecular formula is C13H15FN4.